The largest absolute Gasteiger partial charge is 0.358 e. The summed E-state index contributed by atoms with van der Waals surface area (Å²) in [5, 5.41) is 10.2. The second-order valence-corrected chi connectivity index (χ2v) is 7.23. The van der Waals surface area contributed by atoms with Gasteiger partial charge in [-0.15, -0.1) is 11.3 Å². The number of thiazole rings is 1. The monoisotopic (exact) mass is 336 g/mol. The molecule has 0 unspecified atom stereocenters. The van der Waals surface area contributed by atoms with Gasteiger partial charge in [0.1, 0.15) is 6.07 Å². The molecule has 4 nitrogen and oxygen atoms in total. The first-order valence-corrected chi connectivity index (χ1v) is 8.69. The van der Waals surface area contributed by atoms with Gasteiger partial charge in [-0.2, -0.15) is 5.26 Å². The summed E-state index contributed by atoms with van der Waals surface area (Å²) >= 11 is 3.15. The fourth-order valence-corrected chi connectivity index (χ4v) is 4.36. The number of nitrogens with one attached hydrogen (secondary N) is 2. The number of nitrogens with zero attached hydrogens (tertiary/aromatic N) is 2. The highest BCUT2D eigenvalue weighted by molar-refractivity contribution is 8.02. The highest BCUT2D eigenvalue weighted by atomic mass is 32.2. The fraction of sp³-hybridized carbons (Fsp3) is 0.0588. The van der Waals surface area contributed by atoms with Crippen LogP contribution < -0.4 is 4.72 Å². The predicted octanol–water partition coefficient (Wildman–Crippen LogP) is 5.08. The van der Waals surface area contributed by atoms with Crippen LogP contribution in [0.1, 0.15) is 11.1 Å². The number of hydrogen-bond donors (Lipinski definition) is 2. The molecule has 2 heterocycles. The van der Waals surface area contributed by atoms with E-state index < -0.39 is 0 Å². The lowest BCUT2D eigenvalue weighted by Gasteiger charge is -2.06. The van der Waals surface area contributed by atoms with E-state index in [0.29, 0.717) is 5.56 Å². The summed E-state index contributed by atoms with van der Waals surface area (Å²) in [6, 6.07) is 14.4. The SMILES string of the molecule is Cc1ccc(NSc2nc3ccccc3s2)c2[nH]cc(C#N)c12. The lowest BCUT2D eigenvalue weighted by molar-refractivity contribution is 1.31. The van der Waals surface area contributed by atoms with Crippen molar-refractivity contribution in [2.24, 2.45) is 0 Å². The van der Waals surface area contributed by atoms with Crippen molar-refractivity contribution in [2.75, 3.05) is 4.72 Å². The van der Waals surface area contributed by atoms with E-state index in [2.05, 4.69) is 26.8 Å². The van der Waals surface area contributed by atoms with Crippen LogP contribution in [0.5, 0.6) is 0 Å². The molecule has 2 aromatic heterocycles. The molecule has 0 aliphatic carbocycles. The maximum absolute atomic E-state index is 9.22. The number of fused-ring (bicyclic) bond motifs is 2. The number of aryl methyl sites for hydroxylation is 1. The molecule has 2 aromatic carbocycles. The Kier molecular flexibility index (Phi) is 3.45. The van der Waals surface area contributed by atoms with Gasteiger partial charge in [-0.05, 0) is 30.7 Å². The Balaban J connectivity index is 1.67. The Bertz CT molecular complexity index is 1020. The Morgan fingerprint density at radius 2 is 2.13 bits per heavy atom. The summed E-state index contributed by atoms with van der Waals surface area (Å²) in [5.74, 6) is 0. The number of H-pyrrole nitrogens is 1. The van der Waals surface area contributed by atoms with E-state index in [1.807, 2.05) is 37.3 Å². The van der Waals surface area contributed by atoms with Crippen molar-refractivity contribution in [1.82, 2.24) is 9.97 Å². The van der Waals surface area contributed by atoms with Gasteiger partial charge in [0.2, 0.25) is 0 Å². The summed E-state index contributed by atoms with van der Waals surface area (Å²) in [6.45, 7) is 2.02. The molecule has 4 aromatic rings. The van der Waals surface area contributed by atoms with E-state index in [9.17, 15) is 5.26 Å². The second kappa shape index (κ2) is 5.61. The third-order valence-corrected chi connectivity index (χ3v) is 5.61. The van der Waals surface area contributed by atoms with Crippen LogP contribution in [0.4, 0.5) is 5.69 Å². The van der Waals surface area contributed by atoms with Gasteiger partial charge in [-0.3, -0.25) is 0 Å². The van der Waals surface area contributed by atoms with Crippen molar-refractivity contribution >= 4 is 50.1 Å². The summed E-state index contributed by atoms with van der Waals surface area (Å²) < 4.78 is 5.50. The average molecular weight is 336 g/mol. The minimum atomic E-state index is 0.672. The maximum Gasteiger partial charge on any atom is 0.171 e. The molecule has 0 fully saturated rings. The first-order chi connectivity index (χ1) is 11.3. The number of nitriles is 1. The maximum atomic E-state index is 9.22. The van der Waals surface area contributed by atoms with Crippen molar-refractivity contribution in [3.05, 3.63) is 53.7 Å². The number of para-hydroxylation sites is 1. The van der Waals surface area contributed by atoms with Crippen LogP contribution in [0.2, 0.25) is 0 Å². The summed E-state index contributed by atoms with van der Waals surface area (Å²) in [7, 11) is 0. The number of anilines is 1. The topological polar surface area (TPSA) is 64.5 Å². The Morgan fingerprint density at radius 1 is 1.26 bits per heavy atom. The molecule has 6 heteroatoms. The second-order valence-electron chi connectivity index (χ2n) is 5.15. The van der Waals surface area contributed by atoms with Gasteiger partial charge >= 0.3 is 0 Å². The van der Waals surface area contributed by atoms with Crippen LogP contribution in [0.15, 0.2) is 46.9 Å². The Hall–Kier alpha value is -2.49. The number of rotatable bonds is 3. The number of hydrogen-bond acceptors (Lipinski definition) is 5. The zero-order valence-electron chi connectivity index (χ0n) is 12.3. The van der Waals surface area contributed by atoms with E-state index >= 15 is 0 Å². The molecule has 112 valence electrons. The first kappa shape index (κ1) is 14.1. The van der Waals surface area contributed by atoms with Gasteiger partial charge in [0.15, 0.2) is 4.34 Å². The lowest BCUT2D eigenvalue weighted by Crippen LogP contribution is -1.89. The molecule has 0 bridgehead atoms. The molecule has 0 aliphatic rings. The average Bonchev–Trinajstić information content (AvgIpc) is 3.18. The van der Waals surface area contributed by atoms with Crippen molar-refractivity contribution < 1.29 is 0 Å². The number of benzene rings is 2. The smallest absolute Gasteiger partial charge is 0.171 e. The molecule has 0 radical (unpaired) electrons. The summed E-state index contributed by atoms with van der Waals surface area (Å²) in [4.78, 5) is 7.80. The Labute approximate surface area is 141 Å². The van der Waals surface area contributed by atoms with Gasteiger partial charge in [-0.1, -0.05) is 18.2 Å². The quantitative estimate of drug-likeness (QED) is 0.512. The van der Waals surface area contributed by atoms with Gasteiger partial charge < -0.3 is 9.71 Å². The molecule has 0 atom stereocenters. The molecule has 0 saturated heterocycles. The fourth-order valence-electron chi connectivity index (χ4n) is 2.59. The minimum absolute atomic E-state index is 0.672. The zero-order chi connectivity index (χ0) is 15.8. The van der Waals surface area contributed by atoms with Crippen LogP contribution in [-0.4, -0.2) is 9.97 Å². The molecule has 4 rings (SSSR count). The highest BCUT2D eigenvalue weighted by Crippen LogP contribution is 2.34. The number of aromatic amines is 1. The highest BCUT2D eigenvalue weighted by Gasteiger charge is 2.11. The van der Waals surface area contributed by atoms with Crippen molar-refractivity contribution in [3.8, 4) is 6.07 Å². The number of aromatic nitrogens is 2. The van der Waals surface area contributed by atoms with E-state index in [4.69, 9.17) is 0 Å². The predicted molar refractivity (Wildman–Crippen MR) is 96.9 cm³/mol. The minimum Gasteiger partial charge on any atom is -0.358 e. The molecule has 2 N–H and O–H groups in total. The van der Waals surface area contributed by atoms with Gasteiger partial charge in [0.25, 0.3) is 0 Å². The Morgan fingerprint density at radius 3 is 2.96 bits per heavy atom. The standard InChI is InChI=1S/C17H12N4S2/c1-10-6-7-13(16-15(10)11(8-18)9-19-16)21-23-17-20-12-4-2-3-5-14(12)22-17/h2-7,9,19,21H,1H3. The zero-order valence-corrected chi connectivity index (χ0v) is 13.9. The lowest BCUT2D eigenvalue weighted by atomic mass is 10.1. The van der Waals surface area contributed by atoms with Crippen molar-refractivity contribution in [3.63, 3.8) is 0 Å². The third-order valence-electron chi connectivity index (χ3n) is 3.69. The van der Waals surface area contributed by atoms with E-state index in [1.165, 1.54) is 16.6 Å². The van der Waals surface area contributed by atoms with Gasteiger partial charge in [-0.25, -0.2) is 4.98 Å². The molecule has 0 amide bonds. The van der Waals surface area contributed by atoms with Gasteiger partial charge in [0.05, 0.1) is 27.0 Å². The summed E-state index contributed by atoms with van der Waals surface area (Å²) in [6.07, 6.45) is 1.76. The van der Waals surface area contributed by atoms with E-state index in [1.54, 1.807) is 17.5 Å². The summed E-state index contributed by atoms with van der Waals surface area (Å²) in [5.41, 5.74) is 4.69. The van der Waals surface area contributed by atoms with Gasteiger partial charge in [0, 0.05) is 23.5 Å². The van der Waals surface area contributed by atoms with Crippen LogP contribution in [0.3, 0.4) is 0 Å². The molecular weight excluding hydrogens is 324 g/mol. The van der Waals surface area contributed by atoms with Crippen LogP contribution in [-0.2, 0) is 0 Å². The molecular formula is C17H12N4S2. The van der Waals surface area contributed by atoms with Crippen molar-refractivity contribution in [1.29, 1.82) is 5.26 Å². The van der Waals surface area contributed by atoms with Crippen LogP contribution in [0.25, 0.3) is 21.1 Å². The van der Waals surface area contributed by atoms with E-state index in [-0.39, 0.29) is 0 Å². The van der Waals surface area contributed by atoms with Crippen LogP contribution >= 0.6 is 23.3 Å². The molecule has 0 saturated carbocycles. The molecule has 0 aliphatic heterocycles. The van der Waals surface area contributed by atoms with E-state index in [0.717, 1.165) is 32.0 Å². The van der Waals surface area contributed by atoms with Crippen molar-refractivity contribution in [2.45, 2.75) is 11.3 Å². The first-order valence-electron chi connectivity index (χ1n) is 7.05. The molecule has 0 spiro atoms. The normalized spacial score (nSPS) is 11.0. The third kappa shape index (κ3) is 2.44. The molecule has 23 heavy (non-hydrogen) atoms. The van der Waals surface area contributed by atoms with Crippen LogP contribution in [0, 0.1) is 18.3 Å².